The molecular weight excluding hydrogens is 372 g/mol. The number of hydrogen-bond donors (Lipinski definition) is 1. The quantitative estimate of drug-likeness (QED) is 0.587. The van der Waals surface area contributed by atoms with Gasteiger partial charge < -0.3 is 24.1 Å². The number of hydrogen-bond acceptors (Lipinski definition) is 6. The van der Waals surface area contributed by atoms with Gasteiger partial charge in [0, 0.05) is 17.7 Å². The molecule has 0 aliphatic rings. The van der Waals surface area contributed by atoms with E-state index in [2.05, 4.69) is 10.5 Å². The maximum atomic E-state index is 12.1. The van der Waals surface area contributed by atoms with Gasteiger partial charge >= 0.3 is 0 Å². The summed E-state index contributed by atoms with van der Waals surface area (Å²) in [6.07, 6.45) is 3.14. The van der Waals surface area contributed by atoms with E-state index >= 15 is 0 Å². The minimum atomic E-state index is -0.245. The second-order valence-corrected chi connectivity index (χ2v) is 6.08. The number of aromatic nitrogens is 1. The Labute approximate surface area is 168 Å². The Kier molecular flexibility index (Phi) is 6.52. The lowest BCUT2D eigenvalue weighted by molar-refractivity contribution is -0.116. The number of nitrogens with one attached hydrogen (secondary N) is 1. The molecule has 29 heavy (non-hydrogen) atoms. The highest BCUT2D eigenvalue weighted by atomic mass is 16.5. The van der Waals surface area contributed by atoms with Crippen molar-refractivity contribution in [3.8, 4) is 28.6 Å². The number of benzene rings is 2. The van der Waals surface area contributed by atoms with Gasteiger partial charge in [0.15, 0.2) is 17.3 Å². The molecule has 0 radical (unpaired) electrons. The summed E-state index contributed by atoms with van der Waals surface area (Å²) in [4.78, 5) is 12.1. The van der Waals surface area contributed by atoms with Crippen LogP contribution in [-0.4, -0.2) is 32.4 Å². The second kappa shape index (κ2) is 9.45. The van der Waals surface area contributed by atoms with Gasteiger partial charge in [0.2, 0.25) is 5.91 Å². The van der Waals surface area contributed by atoms with E-state index in [1.54, 1.807) is 45.6 Å². The standard InChI is InChI=1S/C22H22N2O5/c1-26-18-6-4-5-16(12-18)20-13-17(24-29-20)14-23-22(25)10-8-15-7-9-19(27-2)21(11-15)28-3/h4-13H,14H2,1-3H3,(H,23,25). The summed E-state index contributed by atoms with van der Waals surface area (Å²) in [6, 6.07) is 14.7. The van der Waals surface area contributed by atoms with E-state index < -0.39 is 0 Å². The van der Waals surface area contributed by atoms with Crippen LogP contribution in [-0.2, 0) is 11.3 Å². The van der Waals surface area contributed by atoms with E-state index in [-0.39, 0.29) is 12.5 Å². The average molecular weight is 394 g/mol. The fraction of sp³-hybridized carbons (Fsp3) is 0.182. The van der Waals surface area contributed by atoms with Gasteiger partial charge in [-0.3, -0.25) is 4.79 Å². The van der Waals surface area contributed by atoms with Crippen molar-refractivity contribution in [3.05, 3.63) is 65.9 Å². The predicted octanol–water partition coefficient (Wildman–Crippen LogP) is 3.70. The van der Waals surface area contributed by atoms with Gasteiger partial charge in [0.05, 0.1) is 27.9 Å². The molecule has 0 aliphatic heterocycles. The van der Waals surface area contributed by atoms with Crippen LogP contribution < -0.4 is 19.5 Å². The smallest absolute Gasteiger partial charge is 0.244 e. The van der Waals surface area contributed by atoms with E-state index in [9.17, 15) is 4.79 Å². The average Bonchev–Trinajstić information content (AvgIpc) is 3.25. The van der Waals surface area contributed by atoms with Crippen molar-refractivity contribution in [2.24, 2.45) is 0 Å². The zero-order valence-electron chi connectivity index (χ0n) is 16.5. The van der Waals surface area contributed by atoms with Crippen LogP contribution in [0.5, 0.6) is 17.2 Å². The molecule has 0 unspecified atom stereocenters. The molecule has 3 rings (SSSR count). The maximum absolute atomic E-state index is 12.1. The first-order valence-corrected chi connectivity index (χ1v) is 8.91. The van der Waals surface area contributed by atoms with Crippen molar-refractivity contribution in [1.29, 1.82) is 0 Å². The van der Waals surface area contributed by atoms with Crippen LogP contribution >= 0.6 is 0 Å². The van der Waals surface area contributed by atoms with Crippen LogP contribution in [0.25, 0.3) is 17.4 Å². The van der Waals surface area contributed by atoms with Crippen molar-refractivity contribution in [3.63, 3.8) is 0 Å². The van der Waals surface area contributed by atoms with Crippen LogP contribution in [0.3, 0.4) is 0 Å². The predicted molar refractivity (Wildman–Crippen MR) is 109 cm³/mol. The fourth-order valence-corrected chi connectivity index (χ4v) is 2.67. The normalized spacial score (nSPS) is 10.7. The number of carbonyl (C=O) groups is 1. The first-order valence-electron chi connectivity index (χ1n) is 8.91. The Balaban J connectivity index is 1.58. The molecule has 3 aromatic rings. The third-order valence-electron chi connectivity index (χ3n) is 4.19. The second-order valence-electron chi connectivity index (χ2n) is 6.08. The van der Waals surface area contributed by atoms with Crippen molar-refractivity contribution < 1.29 is 23.5 Å². The first-order chi connectivity index (χ1) is 14.1. The Morgan fingerprint density at radius 3 is 2.62 bits per heavy atom. The van der Waals surface area contributed by atoms with Gasteiger partial charge in [-0.1, -0.05) is 23.4 Å². The van der Waals surface area contributed by atoms with Gasteiger partial charge in [0.1, 0.15) is 11.4 Å². The summed E-state index contributed by atoms with van der Waals surface area (Å²) in [6.45, 7) is 0.253. The maximum Gasteiger partial charge on any atom is 0.244 e. The number of nitrogens with zero attached hydrogens (tertiary/aromatic N) is 1. The monoisotopic (exact) mass is 394 g/mol. The zero-order valence-corrected chi connectivity index (χ0v) is 16.5. The van der Waals surface area contributed by atoms with Crippen LogP contribution in [0.2, 0.25) is 0 Å². The first kappa shape index (κ1) is 20.0. The highest BCUT2D eigenvalue weighted by Gasteiger charge is 2.08. The highest BCUT2D eigenvalue weighted by molar-refractivity contribution is 5.91. The molecule has 0 atom stereocenters. The Morgan fingerprint density at radius 1 is 1.03 bits per heavy atom. The molecular formula is C22H22N2O5. The molecule has 2 aromatic carbocycles. The van der Waals surface area contributed by atoms with Crippen molar-refractivity contribution in [1.82, 2.24) is 10.5 Å². The van der Waals surface area contributed by atoms with Crippen LogP contribution in [0, 0.1) is 0 Å². The van der Waals surface area contributed by atoms with Crippen molar-refractivity contribution in [2.45, 2.75) is 6.54 Å². The summed E-state index contributed by atoms with van der Waals surface area (Å²) in [5.41, 5.74) is 2.29. The van der Waals surface area contributed by atoms with E-state index in [1.807, 2.05) is 30.3 Å². The van der Waals surface area contributed by atoms with E-state index in [4.69, 9.17) is 18.7 Å². The summed E-state index contributed by atoms with van der Waals surface area (Å²) in [7, 11) is 4.75. The van der Waals surface area contributed by atoms with Gasteiger partial charge in [-0.15, -0.1) is 0 Å². The molecule has 7 heteroatoms. The fourth-order valence-electron chi connectivity index (χ4n) is 2.67. The van der Waals surface area contributed by atoms with Gasteiger partial charge in [-0.25, -0.2) is 0 Å². The number of carbonyl (C=O) groups excluding carboxylic acids is 1. The zero-order chi connectivity index (χ0) is 20.6. The van der Waals surface area contributed by atoms with Crippen LogP contribution in [0.4, 0.5) is 0 Å². The van der Waals surface area contributed by atoms with Crippen LogP contribution in [0.1, 0.15) is 11.3 Å². The molecule has 0 bridgehead atoms. The third-order valence-corrected chi connectivity index (χ3v) is 4.19. The van der Waals surface area contributed by atoms with Gasteiger partial charge in [0.25, 0.3) is 0 Å². The molecule has 0 saturated carbocycles. The molecule has 1 heterocycles. The number of rotatable bonds is 8. The van der Waals surface area contributed by atoms with Gasteiger partial charge in [-0.05, 0) is 35.9 Å². The van der Waals surface area contributed by atoms with E-state index in [0.717, 1.165) is 16.9 Å². The Morgan fingerprint density at radius 2 is 1.86 bits per heavy atom. The number of methoxy groups -OCH3 is 3. The minimum Gasteiger partial charge on any atom is -0.497 e. The molecule has 0 aliphatic carbocycles. The molecule has 7 nitrogen and oxygen atoms in total. The summed E-state index contributed by atoms with van der Waals surface area (Å²) in [5, 5.41) is 6.77. The lowest BCUT2D eigenvalue weighted by atomic mass is 10.1. The molecule has 0 spiro atoms. The third kappa shape index (κ3) is 5.16. The molecule has 150 valence electrons. The molecule has 1 aromatic heterocycles. The van der Waals surface area contributed by atoms with E-state index in [1.165, 1.54) is 6.08 Å². The lowest BCUT2D eigenvalue weighted by Gasteiger charge is -2.07. The molecule has 0 fully saturated rings. The van der Waals surface area contributed by atoms with E-state index in [0.29, 0.717) is 23.0 Å². The SMILES string of the molecule is COc1cccc(-c2cc(CNC(=O)C=Cc3ccc(OC)c(OC)c3)no2)c1. The number of ether oxygens (including phenoxy) is 3. The summed E-state index contributed by atoms with van der Waals surface area (Å²) in [5.74, 6) is 2.32. The molecule has 1 N–H and O–H groups in total. The van der Waals surface area contributed by atoms with Crippen molar-refractivity contribution >= 4 is 12.0 Å². The molecule has 1 amide bonds. The largest absolute Gasteiger partial charge is 0.497 e. The number of amides is 1. The van der Waals surface area contributed by atoms with Gasteiger partial charge in [-0.2, -0.15) is 0 Å². The Hall–Kier alpha value is -3.74. The highest BCUT2D eigenvalue weighted by Crippen LogP contribution is 2.28. The summed E-state index contributed by atoms with van der Waals surface area (Å²) < 4.78 is 21.0. The lowest BCUT2D eigenvalue weighted by Crippen LogP contribution is -2.20. The Bertz CT molecular complexity index is 1010. The minimum absolute atomic E-state index is 0.245. The topological polar surface area (TPSA) is 82.8 Å². The van der Waals surface area contributed by atoms with Crippen LogP contribution in [0.15, 0.2) is 59.1 Å². The summed E-state index contributed by atoms with van der Waals surface area (Å²) >= 11 is 0. The van der Waals surface area contributed by atoms with Crippen molar-refractivity contribution in [2.75, 3.05) is 21.3 Å². The molecule has 0 saturated heterocycles.